The van der Waals surface area contributed by atoms with Crippen LogP contribution in [-0.4, -0.2) is 56.1 Å². The van der Waals surface area contributed by atoms with Crippen molar-refractivity contribution in [2.75, 3.05) is 32.0 Å². The number of anilines is 1. The van der Waals surface area contributed by atoms with Gasteiger partial charge in [0.25, 0.3) is 5.91 Å². The van der Waals surface area contributed by atoms with Crippen molar-refractivity contribution in [3.05, 3.63) is 58.1 Å². The standard InChI is InChI=1S/C21H24BrN3O4S/c1-15-6-5-7-18(21(27)25-12-3-4-13-25)20(15)23-19(26)14-24(2)30(28,29)17-10-8-16(22)9-11-17/h5-11H,3-4,12-14H2,1-2H3,(H,23,26). The van der Waals surface area contributed by atoms with Crippen LogP contribution in [0.3, 0.4) is 0 Å². The number of likely N-dealkylation sites (tertiary alicyclic amines) is 1. The predicted octanol–water partition coefficient (Wildman–Crippen LogP) is 3.25. The van der Waals surface area contributed by atoms with Crippen molar-refractivity contribution in [2.24, 2.45) is 0 Å². The Labute approximate surface area is 185 Å². The summed E-state index contributed by atoms with van der Waals surface area (Å²) in [5.41, 5.74) is 1.59. The van der Waals surface area contributed by atoms with Crippen LogP contribution in [0.5, 0.6) is 0 Å². The lowest BCUT2D eigenvalue weighted by molar-refractivity contribution is -0.116. The highest BCUT2D eigenvalue weighted by molar-refractivity contribution is 9.10. The van der Waals surface area contributed by atoms with Gasteiger partial charge in [0.2, 0.25) is 15.9 Å². The first-order chi connectivity index (χ1) is 14.2. The Morgan fingerprint density at radius 3 is 2.37 bits per heavy atom. The molecule has 9 heteroatoms. The summed E-state index contributed by atoms with van der Waals surface area (Å²) in [5.74, 6) is -0.634. The topological polar surface area (TPSA) is 86.8 Å². The summed E-state index contributed by atoms with van der Waals surface area (Å²) in [5, 5.41) is 2.75. The number of carbonyl (C=O) groups is 2. The molecule has 1 aliphatic rings. The largest absolute Gasteiger partial charge is 0.339 e. The van der Waals surface area contributed by atoms with Crippen LogP contribution in [0.1, 0.15) is 28.8 Å². The number of hydrogen-bond donors (Lipinski definition) is 1. The van der Waals surface area contributed by atoms with E-state index in [2.05, 4.69) is 21.2 Å². The number of nitrogens with one attached hydrogen (secondary N) is 1. The van der Waals surface area contributed by atoms with Gasteiger partial charge in [-0.2, -0.15) is 4.31 Å². The maximum atomic E-state index is 12.9. The fourth-order valence-corrected chi connectivity index (χ4v) is 4.75. The molecule has 0 bridgehead atoms. The number of sulfonamides is 1. The fourth-order valence-electron chi connectivity index (χ4n) is 3.36. The van der Waals surface area contributed by atoms with Gasteiger partial charge >= 0.3 is 0 Å². The lowest BCUT2D eigenvalue weighted by Gasteiger charge is -2.21. The van der Waals surface area contributed by atoms with Crippen LogP contribution in [-0.2, 0) is 14.8 Å². The molecule has 0 spiro atoms. The lowest BCUT2D eigenvalue weighted by Crippen LogP contribution is -2.35. The Hall–Kier alpha value is -2.23. The van der Waals surface area contributed by atoms with Crippen LogP contribution in [0.25, 0.3) is 0 Å². The third kappa shape index (κ3) is 4.91. The summed E-state index contributed by atoms with van der Waals surface area (Å²) >= 11 is 3.27. The minimum atomic E-state index is -3.82. The van der Waals surface area contributed by atoms with Crippen molar-refractivity contribution < 1.29 is 18.0 Å². The molecule has 3 rings (SSSR count). The number of aryl methyl sites for hydroxylation is 1. The first-order valence-electron chi connectivity index (χ1n) is 9.61. The Morgan fingerprint density at radius 1 is 1.10 bits per heavy atom. The highest BCUT2D eigenvalue weighted by Crippen LogP contribution is 2.24. The van der Waals surface area contributed by atoms with E-state index in [9.17, 15) is 18.0 Å². The molecule has 2 aromatic carbocycles. The minimum Gasteiger partial charge on any atom is -0.339 e. The first-order valence-corrected chi connectivity index (χ1v) is 11.8. The van der Waals surface area contributed by atoms with Crippen molar-refractivity contribution in [1.82, 2.24) is 9.21 Å². The summed E-state index contributed by atoms with van der Waals surface area (Å²) in [7, 11) is -2.46. The summed E-state index contributed by atoms with van der Waals surface area (Å²) in [6.07, 6.45) is 1.94. The molecule has 160 valence electrons. The maximum absolute atomic E-state index is 12.9. The average molecular weight is 494 g/mol. The molecule has 1 fully saturated rings. The molecule has 0 saturated carbocycles. The zero-order valence-corrected chi connectivity index (χ0v) is 19.3. The zero-order chi connectivity index (χ0) is 21.9. The van der Waals surface area contributed by atoms with Crippen LogP contribution in [0.15, 0.2) is 51.8 Å². The Bertz CT molecular complexity index is 1050. The Morgan fingerprint density at radius 2 is 1.73 bits per heavy atom. The van der Waals surface area contributed by atoms with Gasteiger partial charge in [0, 0.05) is 24.6 Å². The Balaban J connectivity index is 1.76. The van der Waals surface area contributed by atoms with Crippen LogP contribution >= 0.6 is 15.9 Å². The second kappa shape index (κ2) is 9.28. The highest BCUT2D eigenvalue weighted by atomic mass is 79.9. The molecule has 1 N–H and O–H groups in total. The van der Waals surface area contributed by atoms with Crippen molar-refractivity contribution >= 4 is 43.5 Å². The van der Waals surface area contributed by atoms with Gasteiger partial charge in [-0.15, -0.1) is 0 Å². The average Bonchev–Trinajstić information content (AvgIpc) is 3.24. The number of carbonyl (C=O) groups excluding carboxylic acids is 2. The van der Waals surface area contributed by atoms with Crippen LogP contribution in [0, 0.1) is 6.92 Å². The smallest absolute Gasteiger partial charge is 0.255 e. The number of halogens is 1. The van der Waals surface area contributed by atoms with Crippen molar-refractivity contribution in [1.29, 1.82) is 0 Å². The number of likely N-dealkylation sites (N-methyl/N-ethyl adjacent to an activating group) is 1. The highest BCUT2D eigenvalue weighted by Gasteiger charge is 2.26. The third-order valence-electron chi connectivity index (χ3n) is 5.05. The molecule has 1 heterocycles. The van der Waals surface area contributed by atoms with E-state index in [4.69, 9.17) is 0 Å². The van der Waals surface area contributed by atoms with Crippen LogP contribution < -0.4 is 5.32 Å². The molecule has 1 saturated heterocycles. The molecule has 0 atom stereocenters. The summed E-state index contributed by atoms with van der Waals surface area (Å²) in [6.45, 7) is 2.84. The van der Waals surface area contributed by atoms with Crippen LogP contribution in [0.4, 0.5) is 5.69 Å². The third-order valence-corrected chi connectivity index (χ3v) is 7.40. The van der Waals surface area contributed by atoms with E-state index in [1.54, 1.807) is 42.2 Å². The molecule has 0 radical (unpaired) electrons. The molecule has 30 heavy (non-hydrogen) atoms. The second-order valence-corrected chi connectivity index (χ2v) is 10.2. The SMILES string of the molecule is Cc1cccc(C(=O)N2CCCC2)c1NC(=O)CN(C)S(=O)(=O)c1ccc(Br)cc1. The number of rotatable bonds is 6. The molecular formula is C21H24BrN3O4S. The molecule has 0 unspecified atom stereocenters. The van der Waals surface area contributed by atoms with E-state index in [0.717, 1.165) is 27.2 Å². The second-order valence-electron chi connectivity index (χ2n) is 7.26. The zero-order valence-electron chi connectivity index (χ0n) is 16.9. The van der Waals surface area contributed by atoms with E-state index in [-0.39, 0.29) is 17.3 Å². The Kier molecular flexibility index (Phi) is 6.95. The van der Waals surface area contributed by atoms with E-state index < -0.39 is 15.9 Å². The number of hydrogen-bond acceptors (Lipinski definition) is 4. The van der Waals surface area contributed by atoms with E-state index >= 15 is 0 Å². The number of nitrogens with zero attached hydrogens (tertiary/aromatic N) is 2. The first kappa shape index (κ1) is 22.5. The van der Waals surface area contributed by atoms with Gasteiger partial charge in [0.1, 0.15) is 0 Å². The lowest BCUT2D eigenvalue weighted by atomic mass is 10.1. The van der Waals surface area contributed by atoms with Crippen molar-refractivity contribution in [3.63, 3.8) is 0 Å². The van der Waals surface area contributed by atoms with Gasteiger partial charge in [-0.1, -0.05) is 28.1 Å². The maximum Gasteiger partial charge on any atom is 0.255 e. The van der Waals surface area contributed by atoms with E-state index in [0.29, 0.717) is 24.3 Å². The molecule has 2 aromatic rings. The molecule has 1 aliphatic heterocycles. The summed E-state index contributed by atoms with van der Waals surface area (Å²) < 4.78 is 27.2. The quantitative estimate of drug-likeness (QED) is 0.668. The predicted molar refractivity (Wildman–Crippen MR) is 119 cm³/mol. The van der Waals surface area contributed by atoms with E-state index in [1.165, 1.54) is 19.2 Å². The molecule has 7 nitrogen and oxygen atoms in total. The fraction of sp³-hybridized carbons (Fsp3) is 0.333. The van der Waals surface area contributed by atoms with Crippen molar-refractivity contribution in [2.45, 2.75) is 24.7 Å². The molecule has 2 amide bonds. The van der Waals surface area contributed by atoms with Gasteiger partial charge in [-0.25, -0.2) is 8.42 Å². The normalized spacial score (nSPS) is 14.2. The molecule has 0 aliphatic carbocycles. The van der Waals surface area contributed by atoms with Crippen molar-refractivity contribution in [3.8, 4) is 0 Å². The minimum absolute atomic E-state index is 0.0989. The molecule has 0 aromatic heterocycles. The van der Waals surface area contributed by atoms with Gasteiger partial charge in [0.05, 0.1) is 22.7 Å². The van der Waals surface area contributed by atoms with Crippen LogP contribution in [0.2, 0.25) is 0 Å². The van der Waals surface area contributed by atoms with Gasteiger partial charge in [-0.3, -0.25) is 9.59 Å². The number of para-hydroxylation sites is 1. The van der Waals surface area contributed by atoms with Gasteiger partial charge < -0.3 is 10.2 Å². The summed E-state index contributed by atoms with van der Waals surface area (Å²) in [6, 6.07) is 11.5. The summed E-state index contributed by atoms with van der Waals surface area (Å²) in [4.78, 5) is 27.4. The van der Waals surface area contributed by atoms with E-state index in [1.807, 2.05) is 0 Å². The monoisotopic (exact) mass is 493 g/mol. The number of benzene rings is 2. The number of amides is 2. The van der Waals surface area contributed by atoms with Gasteiger partial charge in [0.15, 0.2) is 0 Å². The van der Waals surface area contributed by atoms with Gasteiger partial charge in [-0.05, 0) is 55.7 Å². The molecular weight excluding hydrogens is 470 g/mol.